The molecule has 0 saturated heterocycles. The number of carboxylic acid groups (broad SMARTS) is 1. The third-order valence-electron chi connectivity index (χ3n) is 2.36. The molecule has 0 aliphatic carbocycles. The first kappa shape index (κ1) is 14.6. The zero-order chi connectivity index (χ0) is 13.7. The first-order valence-electron chi connectivity index (χ1n) is 5.63. The van der Waals surface area contributed by atoms with Crippen LogP contribution in [0.3, 0.4) is 0 Å². The standard InChI is InChI=1S/C11H17N3O3S/c1-6(2)9(11(16)17)14-10(15)7-5-18-8(13-7)3-4-12/h5-6,9H,3-4,12H2,1-2H3,(H,14,15)(H,16,17)/t9-/m0/s1. The zero-order valence-corrected chi connectivity index (χ0v) is 11.2. The molecule has 1 atom stereocenters. The summed E-state index contributed by atoms with van der Waals surface area (Å²) in [5.74, 6) is -1.69. The van der Waals surface area contributed by atoms with Crippen LogP contribution < -0.4 is 11.1 Å². The lowest BCUT2D eigenvalue weighted by atomic mass is 10.0. The Morgan fingerprint density at radius 3 is 2.72 bits per heavy atom. The van der Waals surface area contributed by atoms with Crippen LogP contribution in [0.15, 0.2) is 5.38 Å². The summed E-state index contributed by atoms with van der Waals surface area (Å²) in [5.41, 5.74) is 5.64. The number of nitrogens with one attached hydrogen (secondary N) is 1. The molecule has 1 aromatic rings. The largest absolute Gasteiger partial charge is 0.480 e. The third kappa shape index (κ3) is 3.78. The average Bonchev–Trinajstić information content (AvgIpc) is 2.73. The molecule has 1 aromatic heterocycles. The number of thiazole rings is 1. The van der Waals surface area contributed by atoms with E-state index < -0.39 is 17.9 Å². The highest BCUT2D eigenvalue weighted by atomic mass is 32.1. The van der Waals surface area contributed by atoms with Crippen molar-refractivity contribution in [2.75, 3.05) is 6.54 Å². The van der Waals surface area contributed by atoms with Crippen LogP contribution in [-0.2, 0) is 11.2 Å². The molecule has 0 saturated carbocycles. The maximum Gasteiger partial charge on any atom is 0.326 e. The van der Waals surface area contributed by atoms with E-state index in [0.717, 1.165) is 5.01 Å². The maximum atomic E-state index is 11.8. The molecule has 0 aliphatic heterocycles. The van der Waals surface area contributed by atoms with Crippen molar-refractivity contribution >= 4 is 23.2 Å². The number of carboxylic acids is 1. The predicted molar refractivity (Wildman–Crippen MR) is 68.6 cm³/mol. The lowest BCUT2D eigenvalue weighted by Crippen LogP contribution is -2.44. The normalized spacial score (nSPS) is 12.4. The van der Waals surface area contributed by atoms with E-state index in [2.05, 4.69) is 10.3 Å². The van der Waals surface area contributed by atoms with Crippen molar-refractivity contribution in [2.24, 2.45) is 11.7 Å². The Hall–Kier alpha value is -1.47. The molecule has 0 unspecified atom stereocenters. The second-order valence-electron chi connectivity index (χ2n) is 4.20. The van der Waals surface area contributed by atoms with Gasteiger partial charge in [-0.1, -0.05) is 13.8 Å². The average molecular weight is 271 g/mol. The Morgan fingerprint density at radius 2 is 2.22 bits per heavy atom. The van der Waals surface area contributed by atoms with Crippen LogP contribution in [0.1, 0.15) is 29.3 Å². The van der Waals surface area contributed by atoms with Crippen molar-refractivity contribution in [2.45, 2.75) is 26.3 Å². The molecule has 6 nitrogen and oxygen atoms in total. The molecular weight excluding hydrogens is 254 g/mol. The summed E-state index contributed by atoms with van der Waals surface area (Å²) < 4.78 is 0. The van der Waals surface area contributed by atoms with Crippen molar-refractivity contribution < 1.29 is 14.7 Å². The third-order valence-corrected chi connectivity index (χ3v) is 3.27. The fourth-order valence-electron chi connectivity index (χ4n) is 1.38. The number of nitrogens with two attached hydrogens (primary N) is 1. The molecule has 7 heteroatoms. The number of rotatable bonds is 6. The molecular formula is C11H17N3O3S. The van der Waals surface area contributed by atoms with Gasteiger partial charge >= 0.3 is 5.97 Å². The van der Waals surface area contributed by atoms with Gasteiger partial charge in [0.1, 0.15) is 11.7 Å². The molecule has 0 aromatic carbocycles. The summed E-state index contributed by atoms with van der Waals surface area (Å²) in [6.45, 7) is 3.94. The van der Waals surface area contributed by atoms with Crippen LogP contribution in [0.2, 0.25) is 0 Å². The summed E-state index contributed by atoms with van der Waals surface area (Å²) in [5, 5.41) is 13.8. The topological polar surface area (TPSA) is 105 Å². The summed E-state index contributed by atoms with van der Waals surface area (Å²) in [7, 11) is 0. The number of carbonyl (C=O) groups is 2. The minimum atomic E-state index is -1.05. The molecule has 100 valence electrons. The predicted octanol–water partition coefficient (Wildman–Crippen LogP) is 0.483. The van der Waals surface area contributed by atoms with E-state index in [1.54, 1.807) is 19.2 Å². The molecule has 18 heavy (non-hydrogen) atoms. The van der Waals surface area contributed by atoms with E-state index in [9.17, 15) is 9.59 Å². The molecule has 1 rings (SSSR count). The highest BCUT2D eigenvalue weighted by molar-refractivity contribution is 7.09. The molecule has 4 N–H and O–H groups in total. The Labute approximate surface area is 109 Å². The summed E-state index contributed by atoms with van der Waals surface area (Å²) in [6.07, 6.45) is 0.616. The van der Waals surface area contributed by atoms with E-state index >= 15 is 0 Å². The van der Waals surface area contributed by atoms with E-state index in [4.69, 9.17) is 10.8 Å². The van der Waals surface area contributed by atoms with E-state index in [1.165, 1.54) is 11.3 Å². The number of hydrogen-bond acceptors (Lipinski definition) is 5. The molecule has 0 aliphatic rings. The summed E-state index contributed by atoms with van der Waals surface area (Å²) >= 11 is 1.35. The zero-order valence-electron chi connectivity index (χ0n) is 10.3. The maximum absolute atomic E-state index is 11.8. The van der Waals surface area contributed by atoms with Crippen molar-refractivity contribution in [1.82, 2.24) is 10.3 Å². The number of aliphatic carboxylic acids is 1. The second kappa shape index (κ2) is 6.46. The fourth-order valence-corrected chi connectivity index (χ4v) is 2.18. The van der Waals surface area contributed by atoms with Crippen LogP contribution in [-0.4, -0.2) is 34.6 Å². The molecule has 0 spiro atoms. The minimum absolute atomic E-state index is 0.186. The minimum Gasteiger partial charge on any atom is -0.480 e. The molecule has 1 heterocycles. The highest BCUT2D eigenvalue weighted by Gasteiger charge is 2.24. The smallest absolute Gasteiger partial charge is 0.326 e. The van der Waals surface area contributed by atoms with Crippen LogP contribution in [0, 0.1) is 5.92 Å². The van der Waals surface area contributed by atoms with Crippen LogP contribution in [0.4, 0.5) is 0 Å². The van der Waals surface area contributed by atoms with Crippen molar-refractivity contribution in [3.63, 3.8) is 0 Å². The first-order valence-corrected chi connectivity index (χ1v) is 6.51. The van der Waals surface area contributed by atoms with Gasteiger partial charge in [0.25, 0.3) is 5.91 Å². The number of nitrogens with zero attached hydrogens (tertiary/aromatic N) is 1. The fraction of sp³-hybridized carbons (Fsp3) is 0.545. The highest BCUT2D eigenvalue weighted by Crippen LogP contribution is 2.11. The van der Waals surface area contributed by atoms with E-state index in [1.807, 2.05) is 0 Å². The summed E-state index contributed by atoms with van der Waals surface area (Å²) in [6, 6.07) is -0.905. The van der Waals surface area contributed by atoms with Crippen LogP contribution in [0.5, 0.6) is 0 Å². The van der Waals surface area contributed by atoms with Crippen LogP contribution in [0.25, 0.3) is 0 Å². The van der Waals surface area contributed by atoms with Gasteiger partial charge in [-0.15, -0.1) is 11.3 Å². The quantitative estimate of drug-likeness (QED) is 0.698. The lowest BCUT2D eigenvalue weighted by molar-refractivity contribution is -0.140. The van der Waals surface area contributed by atoms with Gasteiger partial charge in [-0.2, -0.15) is 0 Å². The van der Waals surface area contributed by atoms with Crippen molar-refractivity contribution in [1.29, 1.82) is 0 Å². The van der Waals surface area contributed by atoms with E-state index in [-0.39, 0.29) is 11.6 Å². The Bertz CT molecular complexity index is 431. The monoisotopic (exact) mass is 271 g/mol. The van der Waals surface area contributed by atoms with Gasteiger partial charge in [0, 0.05) is 11.8 Å². The molecule has 0 bridgehead atoms. The van der Waals surface area contributed by atoms with Gasteiger partial charge in [0.2, 0.25) is 0 Å². The van der Waals surface area contributed by atoms with Crippen LogP contribution >= 0.6 is 11.3 Å². The number of carbonyl (C=O) groups excluding carboxylic acids is 1. The number of aromatic nitrogens is 1. The van der Waals surface area contributed by atoms with Gasteiger partial charge in [-0.3, -0.25) is 4.79 Å². The molecule has 1 amide bonds. The van der Waals surface area contributed by atoms with Crippen molar-refractivity contribution in [3.05, 3.63) is 16.1 Å². The second-order valence-corrected chi connectivity index (χ2v) is 5.14. The molecule has 0 fully saturated rings. The van der Waals surface area contributed by atoms with Crippen molar-refractivity contribution in [3.8, 4) is 0 Å². The number of hydrogen-bond donors (Lipinski definition) is 3. The Balaban J connectivity index is 2.71. The van der Waals surface area contributed by atoms with Gasteiger partial charge in [-0.25, -0.2) is 9.78 Å². The summed E-state index contributed by atoms with van der Waals surface area (Å²) in [4.78, 5) is 26.9. The number of amides is 1. The Morgan fingerprint density at radius 1 is 1.56 bits per heavy atom. The van der Waals surface area contributed by atoms with Gasteiger partial charge in [0.05, 0.1) is 5.01 Å². The van der Waals surface area contributed by atoms with E-state index in [0.29, 0.717) is 13.0 Å². The Kier molecular flexibility index (Phi) is 5.24. The van der Waals surface area contributed by atoms with Gasteiger partial charge < -0.3 is 16.2 Å². The van der Waals surface area contributed by atoms with Gasteiger partial charge in [0.15, 0.2) is 0 Å². The molecule has 0 radical (unpaired) electrons. The SMILES string of the molecule is CC(C)[C@H](NC(=O)c1csc(CCN)n1)C(=O)O. The lowest BCUT2D eigenvalue weighted by Gasteiger charge is -2.16. The van der Waals surface area contributed by atoms with Gasteiger partial charge in [-0.05, 0) is 12.5 Å². The first-order chi connectivity index (χ1) is 8.45.